The third kappa shape index (κ3) is 1.08. The van der Waals surface area contributed by atoms with E-state index in [9.17, 15) is 5.11 Å². The highest BCUT2D eigenvalue weighted by Crippen LogP contribution is 2.26. The maximum atomic E-state index is 9.40. The molecule has 0 bridgehead atoms. The van der Waals surface area contributed by atoms with Gasteiger partial charge in [-0.1, -0.05) is 17.7 Å². The number of phenolic OH excluding ortho intramolecular Hbond substituents is 1. The van der Waals surface area contributed by atoms with Gasteiger partial charge in [-0.15, -0.1) is 0 Å². The van der Waals surface area contributed by atoms with Crippen LogP contribution in [0.25, 0.3) is 0 Å². The second-order valence-corrected chi connectivity index (χ2v) is 2.35. The van der Waals surface area contributed by atoms with Crippen molar-refractivity contribution < 1.29 is 9.94 Å². The highest BCUT2D eigenvalue weighted by Gasteiger charge is 2.10. The minimum Gasteiger partial charge on any atom is -0.506 e. The first kappa shape index (κ1) is 7.00. The molecule has 0 fully saturated rings. The van der Waals surface area contributed by atoms with Gasteiger partial charge in [-0.2, -0.15) is 0 Å². The van der Waals surface area contributed by atoms with E-state index in [-0.39, 0.29) is 5.75 Å². The SMILES string of the molecule is Oc1ccccc1N1C=CON1. The summed E-state index contributed by atoms with van der Waals surface area (Å²) >= 11 is 0. The van der Waals surface area contributed by atoms with Crippen molar-refractivity contribution >= 4 is 5.69 Å². The van der Waals surface area contributed by atoms with Gasteiger partial charge in [0, 0.05) is 0 Å². The molecule has 0 amide bonds. The van der Waals surface area contributed by atoms with Crippen LogP contribution >= 0.6 is 0 Å². The van der Waals surface area contributed by atoms with E-state index in [2.05, 4.69) is 5.59 Å². The quantitative estimate of drug-likeness (QED) is 0.652. The van der Waals surface area contributed by atoms with Gasteiger partial charge in [-0.25, -0.2) is 5.01 Å². The molecule has 2 N–H and O–H groups in total. The number of hydrazine groups is 1. The number of nitrogens with one attached hydrogen (secondary N) is 1. The van der Waals surface area contributed by atoms with Gasteiger partial charge < -0.3 is 9.94 Å². The molecular formula is C8H8N2O2. The molecule has 1 heterocycles. The second-order valence-electron chi connectivity index (χ2n) is 2.35. The third-order valence-electron chi connectivity index (χ3n) is 1.57. The Labute approximate surface area is 69.6 Å². The second kappa shape index (κ2) is 2.75. The van der Waals surface area contributed by atoms with Crippen molar-refractivity contribution in [1.29, 1.82) is 0 Å². The summed E-state index contributed by atoms with van der Waals surface area (Å²) in [5, 5.41) is 11.0. The minimum atomic E-state index is 0.208. The molecule has 62 valence electrons. The average molecular weight is 164 g/mol. The lowest BCUT2D eigenvalue weighted by molar-refractivity contribution is 0.158. The monoisotopic (exact) mass is 164 g/mol. The van der Waals surface area contributed by atoms with Crippen LogP contribution in [0.1, 0.15) is 0 Å². The molecule has 0 aromatic heterocycles. The number of anilines is 1. The molecule has 0 radical (unpaired) electrons. The van der Waals surface area contributed by atoms with Crippen LogP contribution in [0, 0.1) is 0 Å². The number of benzene rings is 1. The molecule has 0 unspecified atom stereocenters. The molecule has 12 heavy (non-hydrogen) atoms. The Morgan fingerprint density at radius 2 is 2.17 bits per heavy atom. The topological polar surface area (TPSA) is 44.7 Å². The van der Waals surface area contributed by atoms with Gasteiger partial charge in [0.25, 0.3) is 0 Å². The number of rotatable bonds is 1. The molecular weight excluding hydrogens is 156 g/mol. The highest BCUT2D eigenvalue weighted by molar-refractivity contribution is 5.58. The summed E-state index contributed by atoms with van der Waals surface area (Å²) in [6, 6.07) is 6.99. The molecule has 4 heteroatoms. The lowest BCUT2D eigenvalue weighted by Gasteiger charge is -2.14. The predicted octanol–water partition coefficient (Wildman–Crippen LogP) is 1.12. The molecule has 1 aromatic rings. The Hall–Kier alpha value is -1.68. The molecule has 0 aliphatic carbocycles. The lowest BCUT2D eigenvalue weighted by Crippen LogP contribution is -2.26. The molecule has 2 rings (SSSR count). The first-order chi connectivity index (χ1) is 5.88. The first-order valence-corrected chi connectivity index (χ1v) is 3.53. The standard InChI is InChI=1S/C8H8N2O2/c11-8-4-2-1-3-7(8)10-5-6-12-9-10/h1-6,9,11H. The fraction of sp³-hybridized carbons (Fsp3) is 0. The van der Waals surface area contributed by atoms with Crippen molar-refractivity contribution in [3.63, 3.8) is 0 Å². The molecule has 1 aliphatic rings. The molecule has 1 aliphatic heterocycles. The van der Waals surface area contributed by atoms with Gasteiger partial charge in [-0.3, -0.25) is 0 Å². The van der Waals surface area contributed by atoms with E-state index in [0.29, 0.717) is 5.69 Å². The summed E-state index contributed by atoms with van der Waals surface area (Å²) in [7, 11) is 0. The highest BCUT2D eigenvalue weighted by atomic mass is 16.7. The number of hydrogen-bond donors (Lipinski definition) is 2. The first-order valence-electron chi connectivity index (χ1n) is 3.53. The van der Waals surface area contributed by atoms with Crippen molar-refractivity contribution in [2.24, 2.45) is 0 Å². The summed E-state index contributed by atoms with van der Waals surface area (Å²) in [5.74, 6) is 0.208. The number of nitrogens with zero attached hydrogens (tertiary/aromatic N) is 1. The van der Waals surface area contributed by atoms with Gasteiger partial charge in [0.05, 0.1) is 6.20 Å². The van der Waals surface area contributed by atoms with Crippen LogP contribution in [0.3, 0.4) is 0 Å². The normalized spacial score (nSPS) is 14.8. The van der Waals surface area contributed by atoms with Crippen molar-refractivity contribution in [2.45, 2.75) is 0 Å². The molecule has 0 saturated heterocycles. The zero-order valence-electron chi connectivity index (χ0n) is 6.27. The third-order valence-corrected chi connectivity index (χ3v) is 1.57. The smallest absolute Gasteiger partial charge is 0.140 e. The number of phenols is 1. The Kier molecular flexibility index (Phi) is 1.60. The maximum Gasteiger partial charge on any atom is 0.140 e. The van der Waals surface area contributed by atoms with E-state index < -0.39 is 0 Å². The minimum absolute atomic E-state index is 0.208. The van der Waals surface area contributed by atoms with E-state index in [4.69, 9.17) is 4.84 Å². The van der Waals surface area contributed by atoms with Crippen LogP contribution in [-0.4, -0.2) is 5.11 Å². The number of para-hydroxylation sites is 2. The molecule has 0 atom stereocenters. The Balaban J connectivity index is 2.33. The van der Waals surface area contributed by atoms with Crippen LogP contribution < -0.4 is 10.6 Å². The molecule has 0 spiro atoms. The summed E-state index contributed by atoms with van der Waals surface area (Å²) < 4.78 is 0. The van der Waals surface area contributed by atoms with Crippen LogP contribution in [0.2, 0.25) is 0 Å². The predicted molar refractivity (Wildman–Crippen MR) is 43.9 cm³/mol. The van der Waals surface area contributed by atoms with E-state index in [1.807, 2.05) is 6.07 Å². The van der Waals surface area contributed by atoms with E-state index in [1.165, 1.54) is 6.26 Å². The Morgan fingerprint density at radius 3 is 2.83 bits per heavy atom. The lowest BCUT2D eigenvalue weighted by atomic mass is 10.3. The Morgan fingerprint density at radius 1 is 1.33 bits per heavy atom. The van der Waals surface area contributed by atoms with Crippen LogP contribution in [-0.2, 0) is 4.84 Å². The fourth-order valence-corrected chi connectivity index (χ4v) is 1.01. The summed E-state index contributed by atoms with van der Waals surface area (Å²) in [6.45, 7) is 0. The van der Waals surface area contributed by atoms with Crippen LogP contribution in [0.15, 0.2) is 36.7 Å². The number of hydrogen-bond acceptors (Lipinski definition) is 4. The van der Waals surface area contributed by atoms with Gasteiger partial charge in [0.15, 0.2) is 0 Å². The van der Waals surface area contributed by atoms with Gasteiger partial charge in [0.1, 0.15) is 17.7 Å². The molecule has 4 nitrogen and oxygen atoms in total. The fourth-order valence-electron chi connectivity index (χ4n) is 1.01. The zero-order chi connectivity index (χ0) is 8.39. The van der Waals surface area contributed by atoms with Crippen LogP contribution in [0.5, 0.6) is 5.75 Å². The zero-order valence-corrected chi connectivity index (χ0v) is 6.27. The van der Waals surface area contributed by atoms with Gasteiger partial charge in [-0.05, 0) is 12.1 Å². The van der Waals surface area contributed by atoms with Crippen LogP contribution in [0.4, 0.5) is 5.69 Å². The maximum absolute atomic E-state index is 9.40. The summed E-state index contributed by atoms with van der Waals surface area (Å²) in [5.41, 5.74) is 3.23. The van der Waals surface area contributed by atoms with E-state index in [0.717, 1.165) is 0 Å². The molecule has 0 saturated carbocycles. The largest absolute Gasteiger partial charge is 0.506 e. The Bertz CT molecular complexity index is 312. The summed E-state index contributed by atoms with van der Waals surface area (Å²) in [6.07, 6.45) is 3.17. The van der Waals surface area contributed by atoms with Gasteiger partial charge >= 0.3 is 0 Å². The van der Waals surface area contributed by atoms with Crippen molar-refractivity contribution in [3.8, 4) is 5.75 Å². The van der Waals surface area contributed by atoms with E-state index in [1.54, 1.807) is 29.4 Å². The van der Waals surface area contributed by atoms with Crippen molar-refractivity contribution in [1.82, 2.24) is 5.59 Å². The average Bonchev–Trinajstić information content (AvgIpc) is 2.57. The van der Waals surface area contributed by atoms with Crippen molar-refractivity contribution in [2.75, 3.05) is 5.01 Å². The van der Waals surface area contributed by atoms with Gasteiger partial charge in [0.2, 0.25) is 0 Å². The van der Waals surface area contributed by atoms with Crippen molar-refractivity contribution in [3.05, 3.63) is 36.7 Å². The number of aromatic hydroxyl groups is 1. The van der Waals surface area contributed by atoms with E-state index >= 15 is 0 Å². The summed E-state index contributed by atoms with van der Waals surface area (Å²) in [4.78, 5) is 4.75. The molecule has 1 aromatic carbocycles.